The van der Waals surface area contributed by atoms with Crippen LogP contribution < -0.4 is 0 Å². The minimum Gasteiger partial charge on any atom is -0.388 e. The molecule has 78 valence electrons. The molecule has 2 heterocycles. The smallest absolute Gasteiger partial charge is 0.164 e. The van der Waals surface area contributed by atoms with Crippen molar-refractivity contribution in [3.63, 3.8) is 0 Å². The second-order valence-electron chi connectivity index (χ2n) is 3.08. The molecule has 0 amide bonds. The molecule has 1 N–H and O–H groups in total. The van der Waals surface area contributed by atoms with E-state index in [0.29, 0.717) is 5.82 Å². The van der Waals surface area contributed by atoms with Crippen LogP contribution in [0.1, 0.15) is 12.7 Å². The molecule has 0 radical (unpaired) electrons. The topological polar surface area (TPSA) is 63.8 Å². The summed E-state index contributed by atoms with van der Waals surface area (Å²) in [6, 6.07) is 3.74. The summed E-state index contributed by atoms with van der Waals surface area (Å²) in [6.45, 7) is 2.64. The van der Waals surface area contributed by atoms with Gasteiger partial charge in [0.05, 0.1) is 0 Å². The number of aliphatic hydroxyl groups excluding tert-OH is 1. The molecule has 0 aliphatic rings. The number of aromatic nitrogens is 4. The molecule has 0 atom stereocenters. The van der Waals surface area contributed by atoms with E-state index in [1.165, 1.54) is 0 Å². The van der Waals surface area contributed by atoms with Gasteiger partial charge in [-0.2, -0.15) is 0 Å². The number of nitrogens with zero attached hydrogens (tertiary/aromatic N) is 4. The maximum absolute atomic E-state index is 9.07. The van der Waals surface area contributed by atoms with Gasteiger partial charge in [-0.25, -0.2) is 0 Å². The molecule has 0 aliphatic heterocycles. The first-order valence-corrected chi connectivity index (χ1v) is 4.80. The standard InChI is InChI=1S/C10H12N4O/c1-2-14-9(7-15)12-13-10(14)8-3-5-11-6-4-8/h3-6,15H,2,7H2,1H3. The summed E-state index contributed by atoms with van der Waals surface area (Å²) < 4.78 is 1.88. The molecular formula is C10H12N4O. The van der Waals surface area contributed by atoms with Gasteiger partial charge >= 0.3 is 0 Å². The molecule has 2 aromatic heterocycles. The summed E-state index contributed by atoms with van der Waals surface area (Å²) in [5.74, 6) is 1.35. The fraction of sp³-hybridized carbons (Fsp3) is 0.300. The zero-order valence-corrected chi connectivity index (χ0v) is 8.46. The monoisotopic (exact) mass is 204 g/mol. The van der Waals surface area contributed by atoms with Crippen molar-refractivity contribution in [1.29, 1.82) is 0 Å². The van der Waals surface area contributed by atoms with Crippen molar-refractivity contribution in [3.05, 3.63) is 30.4 Å². The Morgan fingerprint density at radius 2 is 2.00 bits per heavy atom. The van der Waals surface area contributed by atoms with E-state index in [-0.39, 0.29) is 6.61 Å². The summed E-state index contributed by atoms with van der Waals surface area (Å²) in [5.41, 5.74) is 0.957. The highest BCUT2D eigenvalue weighted by Crippen LogP contribution is 2.16. The van der Waals surface area contributed by atoms with E-state index in [2.05, 4.69) is 15.2 Å². The molecule has 5 heteroatoms. The van der Waals surface area contributed by atoms with Gasteiger partial charge in [0.25, 0.3) is 0 Å². The fourth-order valence-electron chi connectivity index (χ4n) is 1.50. The SMILES string of the molecule is CCn1c(CO)nnc1-c1ccncc1. The van der Waals surface area contributed by atoms with Gasteiger partial charge in [-0.3, -0.25) is 4.98 Å². The normalized spacial score (nSPS) is 10.5. The highest BCUT2D eigenvalue weighted by molar-refractivity contribution is 5.54. The van der Waals surface area contributed by atoms with E-state index >= 15 is 0 Å². The van der Waals surface area contributed by atoms with Crippen molar-refractivity contribution >= 4 is 0 Å². The zero-order chi connectivity index (χ0) is 10.7. The lowest BCUT2D eigenvalue weighted by Gasteiger charge is -2.05. The molecule has 0 bridgehead atoms. The molecule has 0 saturated carbocycles. The Hall–Kier alpha value is -1.75. The van der Waals surface area contributed by atoms with Gasteiger partial charge in [0.2, 0.25) is 0 Å². The maximum Gasteiger partial charge on any atom is 0.164 e. The van der Waals surface area contributed by atoms with E-state index < -0.39 is 0 Å². The fourth-order valence-corrected chi connectivity index (χ4v) is 1.50. The Morgan fingerprint density at radius 1 is 1.27 bits per heavy atom. The summed E-state index contributed by atoms with van der Waals surface area (Å²) >= 11 is 0. The molecule has 2 aromatic rings. The second-order valence-corrected chi connectivity index (χ2v) is 3.08. The molecule has 0 aliphatic carbocycles. The number of hydrogen-bond donors (Lipinski definition) is 1. The van der Waals surface area contributed by atoms with Crippen molar-refractivity contribution in [2.75, 3.05) is 0 Å². The lowest BCUT2D eigenvalue weighted by atomic mass is 10.2. The van der Waals surface area contributed by atoms with E-state index in [9.17, 15) is 0 Å². The van der Waals surface area contributed by atoms with Gasteiger partial charge in [0.1, 0.15) is 6.61 Å². The maximum atomic E-state index is 9.07. The number of hydrogen-bond acceptors (Lipinski definition) is 4. The van der Waals surface area contributed by atoms with E-state index in [4.69, 9.17) is 5.11 Å². The van der Waals surface area contributed by atoms with Crippen molar-refractivity contribution in [2.24, 2.45) is 0 Å². The quantitative estimate of drug-likeness (QED) is 0.805. The largest absolute Gasteiger partial charge is 0.388 e. The highest BCUT2D eigenvalue weighted by Gasteiger charge is 2.10. The van der Waals surface area contributed by atoms with Crippen molar-refractivity contribution < 1.29 is 5.11 Å². The third kappa shape index (κ3) is 1.73. The molecular weight excluding hydrogens is 192 g/mol. The van der Waals surface area contributed by atoms with E-state index in [1.54, 1.807) is 12.4 Å². The van der Waals surface area contributed by atoms with Gasteiger partial charge in [-0.1, -0.05) is 0 Å². The summed E-state index contributed by atoms with van der Waals surface area (Å²) in [6.07, 6.45) is 3.42. The first-order chi connectivity index (χ1) is 7.36. The first kappa shape index (κ1) is 9.79. The van der Waals surface area contributed by atoms with Crippen LogP contribution in [0, 0.1) is 0 Å². The lowest BCUT2D eigenvalue weighted by molar-refractivity contribution is 0.265. The lowest BCUT2D eigenvalue weighted by Crippen LogP contribution is -2.03. The number of rotatable bonds is 3. The Bertz CT molecular complexity index is 438. The average Bonchev–Trinajstić information content (AvgIpc) is 2.72. The summed E-state index contributed by atoms with van der Waals surface area (Å²) in [5, 5.41) is 17.1. The van der Waals surface area contributed by atoms with Gasteiger partial charge in [0.15, 0.2) is 11.6 Å². The highest BCUT2D eigenvalue weighted by atomic mass is 16.3. The molecule has 0 fully saturated rings. The molecule has 2 rings (SSSR count). The zero-order valence-electron chi connectivity index (χ0n) is 8.46. The van der Waals surface area contributed by atoms with Crippen molar-refractivity contribution in [2.45, 2.75) is 20.1 Å². The first-order valence-electron chi connectivity index (χ1n) is 4.80. The minimum absolute atomic E-state index is 0.0913. The van der Waals surface area contributed by atoms with E-state index in [0.717, 1.165) is 17.9 Å². The van der Waals surface area contributed by atoms with Crippen LogP contribution in [0.5, 0.6) is 0 Å². The average molecular weight is 204 g/mol. The van der Waals surface area contributed by atoms with Crippen LogP contribution >= 0.6 is 0 Å². The molecule has 15 heavy (non-hydrogen) atoms. The van der Waals surface area contributed by atoms with Gasteiger partial charge < -0.3 is 9.67 Å². The van der Waals surface area contributed by atoms with Crippen LogP contribution in [0.4, 0.5) is 0 Å². The number of aliphatic hydroxyl groups is 1. The van der Waals surface area contributed by atoms with Crippen LogP contribution in [0.3, 0.4) is 0 Å². The Balaban J connectivity index is 2.49. The Kier molecular flexibility index (Phi) is 2.73. The van der Waals surface area contributed by atoms with Crippen LogP contribution in [0.15, 0.2) is 24.5 Å². The van der Waals surface area contributed by atoms with Crippen LogP contribution in [-0.2, 0) is 13.2 Å². The van der Waals surface area contributed by atoms with E-state index in [1.807, 2.05) is 23.6 Å². The third-order valence-corrected chi connectivity index (χ3v) is 2.22. The Labute approximate surface area is 87.4 Å². The minimum atomic E-state index is -0.0913. The van der Waals surface area contributed by atoms with Gasteiger partial charge in [0, 0.05) is 24.5 Å². The van der Waals surface area contributed by atoms with Crippen LogP contribution in [0.25, 0.3) is 11.4 Å². The van der Waals surface area contributed by atoms with Crippen molar-refractivity contribution in [1.82, 2.24) is 19.7 Å². The summed E-state index contributed by atoms with van der Waals surface area (Å²) in [4.78, 5) is 3.95. The van der Waals surface area contributed by atoms with Crippen LogP contribution in [0.2, 0.25) is 0 Å². The predicted molar refractivity (Wildman–Crippen MR) is 54.8 cm³/mol. The Morgan fingerprint density at radius 3 is 2.60 bits per heavy atom. The predicted octanol–water partition coefficient (Wildman–Crippen LogP) is 0.852. The molecule has 0 unspecified atom stereocenters. The molecule has 0 saturated heterocycles. The van der Waals surface area contributed by atoms with Gasteiger partial charge in [-0.05, 0) is 19.1 Å². The molecule has 0 spiro atoms. The van der Waals surface area contributed by atoms with Gasteiger partial charge in [-0.15, -0.1) is 10.2 Å². The van der Waals surface area contributed by atoms with Crippen LogP contribution in [-0.4, -0.2) is 24.9 Å². The molecule has 5 nitrogen and oxygen atoms in total. The third-order valence-electron chi connectivity index (χ3n) is 2.22. The van der Waals surface area contributed by atoms with Crippen molar-refractivity contribution in [3.8, 4) is 11.4 Å². The number of pyridine rings is 1. The second kappa shape index (κ2) is 4.18. The molecule has 0 aromatic carbocycles. The summed E-state index contributed by atoms with van der Waals surface area (Å²) in [7, 11) is 0.